The van der Waals surface area contributed by atoms with Gasteiger partial charge in [-0.3, -0.25) is 4.79 Å². The van der Waals surface area contributed by atoms with Crippen molar-refractivity contribution < 1.29 is 9.53 Å². The van der Waals surface area contributed by atoms with Gasteiger partial charge in [-0.1, -0.05) is 35.9 Å². The number of ether oxygens (including phenoxy) is 1. The van der Waals surface area contributed by atoms with Crippen molar-refractivity contribution in [3.63, 3.8) is 0 Å². The van der Waals surface area contributed by atoms with Crippen molar-refractivity contribution >= 4 is 34.6 Å². The van der Waals surface area contributed by atoms with E-state index in [-0.39, 0.29) is 5.24 Å². The molecule has 1 amide bonds. The molecule has 34 heavy (non-hydrogen) atoms. The average Bonchev–Trinajstić information content (AvgIpc) is 3.44. The molecule has 1 aromatic heterocycles. The van der Waals surface area contributed by atoms with E-state index in [1.807, 2.05) is 103 Å². The fourth-order valence-corrected chi connectivity index (χ4v) is 4.31. The minimum absolute atomic E-state index is 0.154. The number of methoxy groups -OCH3 is 1. The summed E-state index contributed by atoms with van der Waals surface area (Å²) in [6.45, 7) is 2.03. The Labute approximate surface area is 202 Å². The first-order chi connectivity index (χ1) is 16.6. The molecule has 0 saturated carbocycles. The Kier molecular flexibility index (Phi) is 6.01. The van der Waals surface area contributed by atoms with E-state index in [0.717, 1.165) is 56.2 Å². The lowest BCUT2D eigenvalue weighted by molar-refractivity contribution is 0.265. The van der Waals surface area contributed by atoms with E-state index in [4.69, 9.17) is 9.84 Å². The third kappa shape index (κ3) is 4.65. The second-order valence-electron chi connectivity index (χ2n) is 7.76. The van der Waals surface area contributed by atoms with Crippen LogP contribution in [-0.2, 0) is 0 Å². The van der Waals surface area contributed by atoms with Crippen molar-refractivity contribution in [2.75, 3.05) is 7.11 Å². The summed E-state index contributed by atoms with van der Waals surface area (Å²) >= 11 is 1.13. The lowest BCUT2D eigenvalue weighted by Gasteiger charge is -2.03. The fraction of sp³-hybridized carbons (Fsp3) is 0.0741. The van der Waals surface area contributed by atoms with E-state index in [0.29, 0.717) is 5.84 Å². The van der Waals surface area contributed by atoms with Gasteiger partial charge in [-0.15, -0.1) is 0 Å². The number of rotatable bonds is 5. The van der Waals surface area contributed by atoms with Gasteiger partial charge in [-0.05, 0) is 73.3 Å². The molecule has 1 saturated heterocycles. The molecule has 1 N–H and O–H groups in total. The summed E-state index contributed by atoms with van der Waals surface area (Å²) in [5.41, 5.74) is 5.51. The highest BCUT2D eigenvalue weighted by molar-refractivity contribution is 8.18. The topological polar surface area (TPSA) is 68.5 Å². The normalized spacial score (nSPS) is 15.6. The lowest BCUT2D eigenvalue weighted by atomic mass is 10.1. The van der Waals surface area contributed by atoms with E-state index in [9.17, 15) is 4.79 Å². The summed E-state index contributed by atoms with van der Waals surface area (Å²) < 4.78 is 7.15. The van der Waals surface area contributed by atoms with Gasteiger partial charge < -0.3 is 10.1 Å². The van der Waals surface area contributed by atoms with Gasteiger partial charge in [0.15, 0.2) is 0 Å². The molecule has 6 nitrogen and oxygen atoms in total. The highest BCUT2D eigenvalue weighted by Gasteiger charge is 2.25. The Morgan fingerprint density at radius 3 is 2.44 bits per heavy atom. The van der Waals surface area contributed by atoms with Crippen LogP contribution in [0.2, 0.25) is 0 Å². The van der Waals surface area contributed by atoms with Crippen molar-refractivity contribution in [2.24, 2.45) is 4.99 Å². The van der Waals surface area contributed by atoms with Gasteiger partial charge in [0.05, 0.1) is 29.1 Å². The second-order valence-corrected chi connectivity index (χ2v) is 8.78. The van der Waals surface area contributed by atoms with Crippen LogP contribution in [0.1, 0.15) is 11.1 Å². The zero-order valence-electron chi connectivity index (χ0n) is 18.7. The number of aromatic nitrogens is 2. The van der Waals surface area contributed by atoms with Crippen LogP contribution >= 0.6 is 11.8 Å². The van der Waals surface area contributed by atoms with E-state index in [1.165, 1.54) is 0 Å². The molecule has 5 rings (SSSR count). The number of para-hydroxylation sites is 1. The zero-order valence-corrected chi connectivity index (χ0v) is 19.5. The molecular formula is C27H22N4O2S. The number of hydrogen-bond acceptors (Lipinski definition) is 5. The monoisotopic (exact) mass is 466 g/mol. The summed E-state index contributed by atoms with van der Waals surface area (Å²) in [6, 6.07) is 25.6. The van der Waals surface area contributed by atoms with Gasteiger partial charge in [0, 0.05) is 17.3 Å². The van der Waals surface area contributed by atoms with Gasteiger partial charge in [-0.2, -0.15) is 5.10 Å². The Bertz CT molecular complexity index is 1390. The third-order valence-electron chi connectivity index (χ3n) is 5.34. The van der Waals surface area contributed by atoms with Gasteiger partial charge in [0.1, 0.15) is 11.6 Å². The van der Waals surface area contributed by atoms with E-state index in [1.54, 1.807) is 7.11 Å². The molecule has 168 valence electrons. The number of hydrogen-bond donors (Lipinski definition) is 1. The number of aliphatic imine (C=N–C) groups is 1. The Balaban J connectivity index is 1.60. The predicted molar refractivity (Wildman–Crippen MR) is 138 cm³/mol. The zero-order chi connectivity index (χ0) is 23.5. The molecule has 0 radical (unpaired) electrons. The van der Waals surface area contributed by atoms with Crippen LogP contribution in [-0.4, -0.2) is 28.0 Å². The van der Waals surface area contributed by atoms with Crippen LogP contribution in [0.4, 0.5) is 10.5 Å². The van der Waals surface area contributed by atoms with E-state index < -0.39 is 0 Å². The number of benzene rings is 3. The molecule has 0 spiro atoms. The summed E-state index contributed by atoms with van der Waals surface area (Å²) in [5.74, 6) is 1.31. The quantitative estimate of drug-likeness (QED) is 0.370. The molecule has 1 aliphatic rings. The summed E-state index contributed by atoms with van der Waals surface area (Å²) in [7, 11) is 1.64. The smallest absolute Gasteiger partial charge is 0.289 e. The van der Waals surface area contributed by atoms with Crippen LogP contribution in [0.3, 0.4) is 0 Å². The summed E-state index contributed by atoms with van der Waals surface area (Å²) in [6.07, 6.45) is 3.93. The first-order valence-electron chi connectivity index (χ1n) is 10.7. The summed E-state index contributed by atoms with van der Waals surface area (Å²) in [4.78, 5) is 17.7. The number of nitrogens with one attached hydrogen (secondary N) is 1. The van der Waals surface area contributed by atoms with Crippen molar-refractivity contribution in [3.8, 4) is 22.7 Å². The number of amides is 1. The number of thioether (sulfide) groups is 1. The highest BCUT2D eigenvalue weighted by Crippen LogP contribution is 2.32. The Morgan fingerprint density at radius 2 is 1.74 bits per heavy atom. The maximum atomic E-state index is 12.2. The number of aryl methyl sites for hydroxylation is 1. The van der Waals surface area contributed by atoms with Crippen LogP contribution in [0, 0.1) is 6.92 Å². The van der Waals surface area contributed by atoms with Crippen LogP contribution in [0.25, 0.3) is 23.0 Å². The lowest BCUT2D eigenvalue weighted by Crippen LogP contribution is -2.18. The van der Waals surface area contributed by atoms with Crippen LogP contribution in [0.15, 0.2) is 95.0 Å². The molecule has 4 aromatic rings. The van der Waals surface area contributed by atoms with Crippen molar-refractivity contribution in [3.05, 3.63) is 101 Å². The van der Waals surface area contributed by atoms with Crippen LogP contribution < -0.4 is 10.1 Å². The van der Waals surface area contributed by atoms with Gasteiger partial charge >= 0.3 is 0 Å². The maximum absolute atomic E-state index is 12.2. The van der Waals surface area contributed by atoms with E-state index in [2.05, 4.69) is 10.3 Å². The fourth-order valence-electron chi connectivity index (χ4n) is 3.58. The highest BCUT2D eigenvalue weighted by atomic mass is 32.2. The number of amidine groups is 1. The second kappa shape index (κ2) is 9.41. The van der Waals surface area contributed by atoms with Crippen LogP contribution in [0.5, 0.6) is 5.75 Å². The number of carbonyl (C=O) groups excluding carboxylic acids is 1. The maximum Gasteiger partial charge on any atom is 0.289 e. The minimum Gasteiger partial charge on any atom is -0.497 e. The molecule has 7 heteroatoms. The molecule has 0 unspecified atom stereocenters. The third-order valence-corrected chi connectivity index (χ3v) is 6.16. The van der Waals surface area contributed by atoms with E-state index >= 15 is 0 Å². The SMILES string of the molecule is COc1ccc(-c2nn(-c3ccccc3)cc2C=C2SC(=O)NC2=Nc2ccc(C)cc2)cc1. The molecule has 1 fully saturated rings. The molecule has 2 heterocycles. The molecule has 0 bridgehead atoms. The van der Waals surface area contributed by atoms with Crippen molar-refractivity contribution in [2.45, 2.75) is 6.92 Å². The number of nitrogens with zero attached hydrogens (tertiary/aromatic N) is 3. The van der Waals surface area contributed by atoms with Gasteiger partial charge in [-0.25, -0.2) is 9.67 Å². The minimum atomic E-state index is -0.154. The molecule has 3 aromatic carbocycles. The largest absolute Gasteiger partial charge is 0.497 e. The molecule has 1 aliphatic heterocycles. The van der Waals surface area contributed by atoms with Crippen molar-refractivity contribution in [1.82, 2.24) is 15.1 Å². The summed E-state index contributed by atoms with van der Waals surface area (Å²) in [5, 5.41) is 7.57. The standard InChI is InChI=1S/C27H22N4O2S/c1-18-8-12-21(13-9-18)28-26-24(34-27(32)29-26)16-20-17-31(22-6-4-3-5-7-22)30-25(20)19-10-14-23(33-2)15-11-19/h3-17H,1-2H3,(H,28,29,32). The number of carbonyl (C=O) groups is 1. The first kappa shape index (κ1) is 21.7. The van der Waals surface area contributed by atoms with Gasteiger partial charge in [0.25, 0.3) is 5.24 Å². The molecular weight excluding hydrogens is 444 g/mol. The Morgan fingerprint density at radius 1 is 1.00 bits per heavy atom. The van der Waals surface area contributed by atoms with Crippen molar-refractivity contribution in [1.29, 1.82) is 0 Å². The Hall–Kier alpha value is -4.10. The average molecular weight is 467 g/mol. The van der Waals surface area contributed by atoms with Gasteiger partial charge in [0.2, 0.25) is 0 Å². The first-order valence-corrected chi connectivity index (χ1v) is 11.6. The predicted octanol–water partition coefficient (Wildman–Crippen LogP) is 6.38. The molecule has 0 aliphatic carbocycles. The molecule has 0 atom stereocenters.